The summed E-state index contributed by atoms with van der Waals surface area (Å²) >= 11 is 0. The van der Waals surface area contributed by atoms with E-state index in [1.54, 1.807) is 30.9 Å². The van der Waals surface area contributed by atoms with Crippen LogP contribution >= 0.6 is 0 Å². The van der Waals surface area contributed by atoms with Gasteiger partial charge in [0.1, 0.15) is 11.3 Å². The molecule has 3 rings (SSSR count). The Morgan fingerprint density at radius 3 is 2.74 bits per heavy atom. The molecule has 0 aliphatic carbocycles. The normalized spacial score (nSPS) is 15.6. The van der Waals surface area contributed by atoms with Crippen molar-refractivity contribution in [1.29, 1.82) is 0 Å². The highest BCUT2D eigenvalue weighted by Gasteiger charge is 2.23. The molecule has 2 aromatic heterocycles. The third-order valence-electron chi connectivity index (χ3n) is 3.98. The van der Waals surface area contributed by atoms with Gasteiger partial charge in [0.05, 0.1) is 11.9 Å². The minimum atomic E-state index is -0.604. The molecule has 0 radical (unpaired) electrons. The summed E-state index contributed by atoms with van der Waals surface area (Å²) in [7, 11) is 1.75. The monoisotopic (exact) mass is 317 g/mol. The lowest BCUT2D eigenvalue weighted by Gasteiger charge is -2.21. The first-order chi connectivity index (χ1) is 11.0. The number of anilines is 1. The van der Waals surface area contributed by atoms with Gasteiger partial charge < -0.3 is 14.5 Å². The van der Waals surface area contributed by atoms with Crippen molar-refractivity contribution in [2.75, 3.05) is 18.5 Å². The third kappa shape index (κ3) is 3.34. The molecule has 1 N–H and O–H groups in total. The summed E-state index contributed by atoms with van der Waals surface area (Å²) in [5.74, 6) is 0.321. The summed E-state index contributed by atoms with van der Waals surface area (Å²) in [6.07, 6.45) is 4.82. The fraction of sp³-hybridized carbons (Fsp3) is 0.438. The second kappa shape index (κ2) is 6.37. The fourth-order valence-corrected chi connectivity index (χ4v) is 2.77. The van der Waals surface area contributed by atoms with Crippen LogP contribution in [0.4, 0.5) is 5.69 Å². The number of hydrogen-bond acceptors (Lipinski definition) is 5. The maximum absolute atomic E-state index is 12.3. The van der Waals surface area contributed by atoms with Gasteiger partial charge in [-0.05, 0) is 31.4 Å². The number of ether oxygens (including phenoxy) is 1. The second-order valence-electron chi connectivity index (χ2n) is 5.74. The molecule has 1 aliphatic heterocycles. The van der Waals surface area contributed by atoms with E-state index in [1.165, 1.54) is 6.20 Å². The van der Waals surface area contributed by atoms with E-state index in [2.05, 4.69) is 10.4 Å². The quantitative estimate of drug-likeness (QED) is 0.933. The van der Waals surface area contributed by atoms with Crippen molar-refractivity contribution in [1.82, 2.24) is 9.78 Å². The molecule has 1 fully saturated rings. The molecule has 0 saturated carbocycles. The molecule has 0 bridgehead atoms. The average Bonchev–Trinajstić information content (AvgIpc) is 2.92. The van der Waals surface area contributed by atoms with Gasteiger partial charge >= 0.3 is 5.63 Å². The first-order valence-corrected chi connectivity index (χ1v) is 7.57. The molecular formula is C16H19N3O4. The van der Waals surface area contributed by atoms with E-state index in [0.29, 0.717) is 30.2 Å². The summed E-state index contributed by atoms with van der Waals surface area (Å²) in [4.78, 5) is 24.6. The summed E-state index contributed by atoms with van der Waals surface area (Å²) < 4.78 is 12.3. The molecule has 7 nitrogen and oxygen atoms in total. The molecule has 7 heteroatoms. The highest BCUT2D eigenvalue weighted by atomic mass is 16.5. The van der Waals surface area contributed by atoms with Crippen LogP contribution in [0.5, 0.6) is 0 Å². The van der Waals surface area contributed by atoms with Gasteiger partial charge in [-0.1, -0.05) is 0 Å². The van der Waals surface area contributed by atoms with Gasteiger partial charge in [0.2, 0.25) is 0 Å². The molecular weight excluding hydrogens is 298 g/mol. The van der Waals surface area contributed by atoms with Crippen molar-refractivity contribution in [3.63, 3.8) is 0 Å². The van der Waals surface area contributed by atoms with Crippen LogP contribution in [0.2, 0.25) is 0 Å². The van der Waals surface area contributed by atoms with Crippen molar-refractivity contribution in [3.05, 3.63) is 45.8 Å². The molecule has 1 aliphatic rings. The van der Waals surface area contributed by atoms with E-state index in [4.69, 9.17) is 9.15 Å². The average molecular weight is 317 g/mol. The van der Waals surface area contributed by atoms with Crippen LogP contribution < -0.4 is 10.9 Å². The highest BCUT2D eigenvalue weighted by Crippen LogP contribution is 2.27. The molecule has 122 valence electrons. The first kappa shape index (κ1) is 15.5. The van der Waals surface area contributed by atoms with E-state index in [9.17, 15) is 9.59 Å². The predicted octanol–water partition coefficient (Wildman–Crippen LogP) is 1.83. The Kier molecular flexibility index (Phi) is 4.29. The first-order valence-electron chi connectivity index (χ1n) is 7.57. The standard InChI is InChI=1S/C16H19N3O4/c1-10-7-13(11-3-5-22-6-4-11)23-16(21)14(10)15(20)18-12-8-17-19(2)9-12/h7-9,11H,3-6H2,1-2H3,(H,18,20). The van der Waals surface area contributed by atoms with Crippen LogP contribution in [0.15, 0.2) is 27.7 Å². The van der Waals surface area contributed by atoms with Crippen LogP contribution in [-0.4, -0.2) is 28.9 Å². The zero-order valence-electron chi connectivity index (χ0n) is 13.2. The van der Waals surface area contributed by atoms with Crippen molar-refractivity contribution >= 4 is 11.6 Å². The summed E-state index contributed by atoms with van der Waals surface area (Å²) in [5.41, 5.74) is 0.575. The molecule has 0 atom stereocenters. The number of aryl methyl sites for hydroxylation is 2. The minimum Gasteiger partial charge on any atom is -0.427 e. The SMILES string of the molecule is Cc1cc(C2CCOCC2)oc(=O)c1C(=O)Nc1cnn(C)c1. The Balaban J connectivity index is 1.84. The van der Waals surface area contributed by atoms with Gasteiger partial charge in [0, 0.05) is 32.4 Å². The topological polar surface area (TPSA) is 86.4 Å². The summed E-state index contributed by atoms with van der Waals surface area (Å²) in [5, 5.41) is 6.63. The molecule has 3 heterocycles. The Bertz CT molecular complexity index is 772. The Labute approximate surface area is 133 Å². The minimum absolute atomic E-state index is 0.0321. The number of carbonyl (C=O) groups is 1. The van der Waals surface area contributed by atoms with E-state index in [1.807, 2.05) is 0 Å². The maximum Gasteiger partial charge on any atom is 0.349 e. The van der Waals surface area contributed by atoms with Gasteiger partial charge in [-0.15, -0.1) is 0 Å². The van der Waals surface area contributed by atoms with Crippen LogP contribution in [0, 0.1) is 6.92 Å². The number of nitrogens with one attached hydrogen (secondary N) is 1. The van der Waals surface area contributed by atoms with Crippen molar-refractivity contribution < 1.29 is 13.9 Å². The van der Waals surface area contributed by atoms with Gasteiger partial charge in [-0.3, -0.25) is 9.48 Å². The smallest absolute Gasteiger partial charge is 0.349 e. The number of carbonyl (C=O) groups excluding carboxylic acids is 1. The number of nitrogens with zero attached hydrogens (tertiary/aromatic N) is 2. The van der Waals surface area contributed by atoms with E-state index in [0.717, 1.165) is 12.8 Å². The van der Waals surface area contributed by atoms with Crippen LogP contribution in [0.1, 0.15) is 40.4 Å². The third-order valence-corrected chi connectivity index (χ3v) is 3.98. The zero-order valence-corrected chi connectivity index (χ0v) is 13.2. The molecule has 1 saturated heterocycles. The highest BCUT2D eigenvalue weighted by molar-refractivity contribution is 6.04. The van der Waals surface area contributed by atoms with Crippen LogP contribution in [0.25, 0.3) is 0 Å². The van der Waals surface area contributed by atoms with Crippen molar-refractivity contribution in [2.24, 2.45) is 7.05 Å². The van der Waals surface area contributed by atoms with Gasteiger partial charge in [0.15, 0.2) is 0 Å². The van der Waals surface area contributed by atoms with Crippen LogP contribution in [0.3, 0.4) is 0 Å². The molecule has 0 aromatic carbocycles. The molecule has 2 aromatic rings. The number of rotatable bonds is 3. The van der Waals surface area contributed by atoms with E-state index in [-0.39, 0.29) is 11.5 Å². The Hall–Kier alpha value is -2.41. The zero-order chi connectivity index (χ0) is 16.4. The lowest BCUT2D eigenvalue weighted by Crippen LogP contribution is -2.24. The van der Waals surface area contributed by atoms with Crippen molar-refractivity contribution in [2.45, 2.75) is 25.7 Å². The van der Waals surface area contributed by atoms with Crippen molar-refractivity contribution in [3.8, 4) is 0 Å². The number of hydrogen-bond donors (Lipinski definition) is 1. The van der Waals surface area contributed by atoms with Crippen LogP contribution in [-0.2, 0) is 11.8 Å². The Morgan fingerprint density at radius 2 is 2.13 bits per heavy atom. The maximum atomic E-state index is 12.3. The van der Waals surface area contributed by atoms with Gasteiger partial charge in [-0.25, -0.2) is 4.79 Å². The Morgan fingerprint density at radius 1 is 1.39 bits per heavy atom. The molecule has 1 amide bonds. The van der Waals surface area contributed by atoms with E-state index < -0.39 is 11.5 Å². The lowest BCUT2D eigenvalue weighted by atomic mass is 9.95. The molecule has 23 heavy (non-hydrogen) atoms. The second-order valence-corrected chi connectivity index (χ2v) is 5.74. The number of aromatic nitrogens is 2. The largest absolute Gasteiger partial charge is 0.427 e. The summed E-state index contributed by atoms with van der Waals surface area (Å²) in [6.45, 7) is 3.07. The molecule has 0 spiro atoms. The van der Waals surface area contributed by atoms with E-state index >= 15 is 0 Å². The molecule has 0 unspecified atom stereocenters. The van der Waals surface area contributed by atoms with Gasteiger partial charge in [-0.2, -0.15) is 5.10 Å². The lowest BCUT2D eigenvalue weighted by molar-refractivity contribution is 0.0796. The number of amides is 1. The summed E-state index contributed by atoms with van der Waals surface area (Å²) in [6, 6.07) is 1.79. The fourth-order valence-electron chi connectivity index (χ4n) is 2.77. The van der Waals surface area contributed by atoms with Gasteiger partial charge in [0.25, 0.3) is 5.91 Å². The predicted molar refractivity (Wildman–Crippen MR) is 83.7 cm³/mol.